The molecule has 0 aromatic heterocycles. The number of methoxy groups -OCH3 is 1. The highest BCUT2D eigenvalue weighted by Crippen LogP contribution is 2.27. The summed E-state index contributed by atoms with van der Waals surface area (Å²) in [5.74, 6) is -0.121. The van der Waals surface area contributed by atoms with Crippen LogP contribution in [-0.4, -0.2) is 45.9 Å². The minimum Gasteiger partial charge on any atom is -0.406 e. The Bertz CT molecular complexity index is 608. The monoisotopic (exact) mass is 353 g/mol. The van der Waals surface area contributed by atoms with Crippen molar-refractivity contribution >= 4 is 10.0 Å². The van der Waals surface area contributed by atoms with Gasteiger partial charge in [-0.3, -0.25) is 0 Å². The van der Waals surface area contributed by atoms with Crippen molar-refractivity contribution in [2.24, 2.45) is 5.92 Å². The number of halogens is 3. The van der Waals surface area contributed by atoms with Gasteiger partial charge in [0.25, 0.3) is 0 Å². The molecule has 1 heterocycles. The molecule has 1 aromatic rings. The first-order valence-corrected chi connectivity index (χ1v) is 8.51. The molecule has 0 atom stereocenters. The number of ether oxygens (including phenoxy) is 2. The second-order valence-corrected chi connectivity index (χ2v) is 7.26. The highest BCUT2D eigenvalue weighted by molar-refractivity contribution is 7.89. The molecule has 0 aliphatic carbocycles. The molecule has 1 fully saturated rings. The van der Waals surface area contributed by atoms with Crippen LogP contribution in [0.1, 0.15) is 12.8 Å². The smallest absolute Gasteiger partial charge is 0.406 e. The van der Waals surface area contributed by atoms with E-state index in [1.54, 1.807) is 7.11 Å². The highest BCUT2D eigenvalue weighted by atomic mass is 32.2. The van der Waals surface area contributed by atoms with Gasteiger partial charge in [-0.2, -0.15) is 4.31 Å². The summed E-state index contributed by atoms with van der Waals surface area (Å²) in [6, 6.07) is 4.24. The van der Waals surface area contributed by atoms with E-state index in [0.717, 1.165) is 24.3 Å². The average molecular weight is 353 g/mol. The Kier molecular flexibility index (Phi) is 5.53. The Morgan fingerprint density at radius 2 is 1.74 bits per heavy atom. The van der Waals surface area contributed by atoms with E-state index in [0.29, 0.717) is 38.5 Å². The van der Waals surface area contributed by atoms with Crippen LogP contribution < -0.4 is 4.74 Å². The number of alkyl halides is 3. The van der Waals surface area contributed by atoms with Crippen LogP contribution in [0.3, 0.4) is 0 Å². The molecular formula is C14H18F3NO4S. The van der Waals surface area contributed by atoms with E-state index in [4.69, 9.17) is 4.74 Å². The fraction of sp³-hybridized carbons (Fsp3) is 0.571. The molecular weight excluding hydrogens is 335 g/mol. The number of hydrogen-bond donors (Lipinski definition) is 0. The van der Waals surface area contributed by atoms with Crippen molar-refractivity contribution in [1.82, 2.24) is 4.31 Å². The standard InChI is InChI=1S/C14H18F3NO4S/c1-21-10-11-6-8-18(9-7-11)23(19,20)13-4-2-12(3-5-13)22-14(15,16)17/h2-5,11H,6-10H2,1H3. The van der Waals surface area contributed by atoms with Gasteiger partial charge in [-0.25, -0.2) is 8.42 Å². The molecule has 130 valence electrons. The van der Waals surface area contributed by atoms with Gasteiger partial charge in [-0.05, 0) is 43.0 Å². The van der Waals surface area contributed by atoms with Crippen molar-refractivity contribution in [3.63, 3.8) is 0 Å². The summed E-state index contributed by atoms with van der Waals surface area (Å²) in [5, 5.41) is 0. The van der Waals surface area contributed by atoms with E-state index in [-0.39, 0.29) is 4.90 Å². The van der Waals surface area contributed by atoms with Crippen LogP contribution in [0.4, 0.5) is 13.2 Å². The average Bonchev–Trinajstić information content (AvgIpc) is 2.47. The number of hydrogen-bond acceptors (Lipinski definition) is 4. The third kappa shape index (κ3) is 4.82. The summed E-state index contributed by atoms with van der Waals surface area (Å²) in [6.45, 7) is 1.34. The molecule has 1 aliphatic heterocycles. The molecule has 1 aromatic carbocycles. The van der Waals surface area contributed by atoms with Gasteiger partial charge >= 0.3 is 6.36 Å². The molecule has 1 aliphatic rings. The molecule has 9 heteroatoms. The number of nitrogens with zero attached hydrogens (tertiary/aromatic N) is 1. The van der Waals surface area contributed by atoms with Crippen LogP contribution >= 0.6 is 0 Å². The zero-order valence-corrected chi connectivity index (χ0v) is 13.4. The third-order valence-corrected chi connectivity index (χ3v) is 5.58. The van der Waals surface area contributed by atoms with E-state index >= 15 is 0 Å². The quantitative estimate of drug-likeness (QED) is 0.817. The second kappa shape index (κ2) is 7.06. The van der Waals surface area contributed by atoms with E-state index in [1.807, 2.05) is 0 Å². The highest BCUT2D eigenvalue weighted by Gasteiger charge is 2.32. The first-order chi connectivity index (χ1) is 10.7. The van der Waals surface area contributed by atoms with Gasteiger partial charge in [0.1, 0.15) is 5.75 Å². The van der Waals surface area contributed by atoms with Crippen LogP contribution in [-0.2, 0) is 14.8 Å². The predicted octanol–water partition coefficient (Wildman–Crippen LogP) is 2.63. The molecule has 0 spiro atoms. The maximum Gasteiger partial charge on any atom is 0.573 e. The maximum absolute atomic E-state index is 12.5. The minimum absolute atomic E-state index is 0.0442. The van der Waals surface area contributed by atoms with E-state index in [9.17, 15) is 21.6 Å². The predicted molar refractivity (Wildman–Crippen MR) is 76.5 cm³/mol. The molecule has 1 saturated heterocycles. The molecule has 2 rings (SSSR count). The van der Waals surface area contributed by atoms with Crippen LogP contribution in [0.5, 0.6) is 5.75 Å². The fourth-order valence-corrected chi connectivity index (χ4v) is 3.98. The van der Waals surface area contributed by atoms with Crippen molar-refractivity contribution < 1.29 is 31.1 Å². The number of sulfonamides is 1. The van der Waals surface area contributed by atoms with Gasteiger partial charge < -0.3 is 9.47 Å². The van der Waals surface area contributed by atoms with Gasteiger partial charge in [0.15, 0.2) is 0 Å². The molecule has 0 amide bonds. The zero-order chi connectivity index (χ0) is 17.1. The van der Waals surface area contributed by atoms with Crippen LogP contribution in [0.2, 0.25) is 0 Å². The summed E-state index contributed by atoms with van der Waals surface area (Å²) in [6.07, 6.45) is -3.41. The largest absolute Gasteiger partial charge is 0.573 e. The van der Waals surface area contributed by atoms with Crippen LogP contribution in [0.15, 0.2) is 29.2 Å². The minimum atomic E-state index is -4.80. The lowest BCUT2D eigenvalue weighted by atomic mass is 9.99. The number of benzene rings is 1. The Morgan fingerprint density at radius 3 is 2.22 bits per heavy atom. The Hall–Kier alpha value is -1.32. The normalized spacial score (nSPS) is 18.1. The lowest BCUT2D eigenvalue weighted by Gasteiger charge is -2.30. The van der Waals surface area contributed by atoms with E-state index in [2.05, 4.69) is 4.74 Å². The Labute approximate surface area is 133 Å². The number of piperidine rings is 1. The Balaban J connectivity index is 2.05. The lowest BCUT2D eigenvalue weighted by molar-refractivity contribution is -0.274. The molecule has 0 N–H and O–H groups in total. The molecule has 0 radical (unpaired) electrons. The fourth-order valence-electron chi connectivity index (χ4n) is 2.51. The van der Waals surface area contributed by atoms with Crippen molar-refractivity contribution in [3.05, 3.63) is 24.3 Å². The van der Waals surface area contributed by atoms with Crippen LogP contribution in [0, 0.1) is 5.92 Å². The summed E-state index contributed by atoms with van der Waals surface area (Å²) in [5.41, 5.74) is 0. The topological polar surface area (TPSA) is 55.8 Å². The van der Waals surface area contributed by atoms with Gasteiger partial charge in [-0.15, -0.1) is 13.2 Å². The number of rotatable bonds is 5. The van der Waals surface area contributed by atoms with Crippen molar-refractivity contribution in [3.8, 4) is 5.75 Å². The third-order valence-electron chi connectivity index (χ3n) is 3.67. The first-order valence-electron chi connectivity index (χ1n) is 7.07. The van der Waals surface area contributed by atoms with Gasteiger partial charge in [0.2, 0.25) is 10.0 Å². The summed E-state index contributed by atoms with van der Waals surface area (Å²) in [7, 11) is -2.10. The van der Waals surface area contributed by atoms with Crippen molar-refractivity contribution in [2.45, 2.75) is 24.1 Å². The van der Waals surface area contributed by atoms with Gasteiger partial charge in [-0.1, -0.05) is 0 Å². The summed E-state index contributed by atoms with van der Waals surface area (Å²) >= 11 is 0. The lowest BCUT2D eigenvalue weighted by Crippen LogP contribution is -2.39. The molecule has 5 nitrogen and oxygen atoms in total. The maximum atomic E-state index is 12.5. The van der Waals surface area contributed by atoms with E-state index < -0.39 is 22.1 Å². The van der Waals surface area contributed by atoms with Gasteiger partial charge in [0.05, 0.1) is 4.90 Å². The summed E-state index contributed by atoms with van der Waals surface area (Å²) < 4.78 is 71.4. The molecule has 0 unspecified atom stereocenters. The molecule has 23 heavy (non-hydrogen) atoms. The van der Waals surface area contributed by atoms with Crippen molar-refractivity contribution in [1.29, 1.82) is 0 Å². The Morgan fingerprint density at radius 1 is 1.17 bits per heavy atom. The summed E-state index contributed by atoms with van der Waals surface area (Å²) in [4.78, 5) is -0.0442. The zero-order valence-electron chi connectivity index (χ0n) is 12.5. The molecule has 0 saturated carbocycles. The molecule has 0 bridgehead atoms. The van der Waals surface area contributed by atoms with Crippen molar-refractivity contribution in [2.75, 3.05) is 26.8 Å². The van der Waals surface area contributed by atoms with Gasteiger partial charge in [0, 0.05) is 26.8 Å². The first kappa shape index (κ1) is 18.0. The second-order valence-electron chi connectivity index (χ2n) is 5.32. The van der Waals surface area contributed by atoms with E-state index in [1.165, 1.54) is 4.31 Å². The SMILES string of the molecule is COCC1CCN(S(=O)(=O)c2ccc(OC(F)(F)F)cc2)CC1. The van der Waals surface area contributed by atoms with Crippen LogP contribution in [0.25, 0.3) is 0 Å².